The van der Waals surface area contributed by atoms with Crippen LogP contribution in [0, 0.1) is 6.92 Å². The molecule has 1 amide bonds. The van der Waals surface area contributed by atoms with Gasteiger partial charge in [-0.25, -0.2) is 4.79 Å². The Hall–Kier alpha value is -2.94. The number of aromatic carboxylic acids is 1. The fraction of sp³-hybridized carbons (Fsp3) is 0.500. The third-order valence-electron chi connectivity index (χ3n) is 7.29. The molecule has 2 aromatic rings. The number of nitrogens with one attached hydrogen (secondary N) is 1. The van der Waals surface area contributed by atoms with Crippen LogP contribution in [0.25, 0.3) is 0 Å². The van der Waals surface area contributed by atoms with Crippen molar-refractivity contribution in [2.45, 2.75) is 32.2 Å². The molecular formula is C28H38N4O4. The number of carbonyl (C=O) groups excluding carboxylic acids is 1. The molecule has 36 heavy (non-hydrogen) atoms. The van der Waals surface area contributed by atoms with E-state index < -0.39 is 5.97 Å². The van der Waals surface area contributed by atoms with E-state index in [1.54, 1.807) is 18.2 Å². The number of nitrogens with zero attached hydrogens (tertiary/aromatic N) is 3. The van der Waals surface area contributed by atoms with Gasteiger partial charge in [-0.3, -0.25) is 9.69 Å². The van der Waals surface area contributed by atoms with Crippen LogP contribution in [0.1, 0.15) is 45.5 Å². The standard InChI is InChI=1S/C28H38N4O4/c1-21-5-3-6-22(19-21)27(33)29-25-20-23(28(34)35)7-8-26(25)32-13-9-24(10-14-32)30(2)11-4-12-31-15-17-36-18-16-31/h3,5-8,19-20,24H,4,9-18H2,1-2H3,(H,29,33)(H,34,35). The molecule has 2 N–H and O–H groups in total. The zero-order chi connectivity index (χ0) is 25.5. The minimum Gasteiger partial charge on any atom is -0.478 e. The lowest BCUT2D eigenvalue weighted by Crippen LogP contribution is -2.44. The number of anilines is 2. The van der Waals surface area contributed by atoms with E-state index in [0.29, 0.717) is 17.3 Å². The smallest absolute Gasteiger partial charge is 0.335 e. The lowest BCUT2D eigenvalue weighted by molar-refractivity contribution is 0.0357. The van der Waals surface area contributed by atoms with Crippen molar-refractivity contribution in [3.8, 4) is 0 Å². The van der Waals surface area contributed by atoms with Crippen molar-refractivity contribution in [2.75, 3.05) is 69.7 Å². The number of carboxylic acids is 1. The van der Waals surface area contributed by atoms with Crippen molar-refractivity contribution >= 4 is 23.3 Å². The molecule has 0 atom stereocenters. The molecule has 0 radical (unpaired) electrons. The number of carbonyl (C=O) groups is 2. The molecule has 0 saturated carbocycles. The summed E-state index contributed by atoms with van der Waals surface area (Å²) < 4.78 is 5.43. The van der Waals surface area contributed by atoms with Crippen LogP contribution in [0.15, 0.2) is 42.5 Å². The topological polar surface area (TPSA) is 85.3 Å². The number of amides is 1. The lowest BCUT2D eigenvalue weighted by Gasteiger charge is -2.39. The average molecular weight is 495 g/mol. The monoisotopic (exact) mass is 494 g/mol. The zero-order valence-electron chi connectivity index (χ0n) is 21.4. The Kier molecular flexibility index (Phi) is 8.96. The van der Waals surface area contributed by atoms with Gasteiger partial charge in [-0.15, -0.1) is 0 Å². The van der Waals surface area contributed by atoms with Crippen molar-refractivity contribution in [2.24, 2.45) is 0 Å². The first-order chi connectivity index (χ1) is 17.4. The van der Waals surface area contributed by atoms with Crippen molar-refractivity contribution in [3.63, 3.8) is 0 Å². The maximum absolute atomic E-state index is 12.9. The van der Waals surface area contributed by atoms with Gasteiger partial charge in [0.05, 0.1) is 30.2 Å². The van der Waals surface area contributed by atoms with Gasteiger partial charge in [-0.1, -0.05) is 17.7 Å². The molecular weight excluding hydrogens is 456 g/mol. The van der Waals surface area contributed by atoms with E-state index in [9.17, 15) is 14.7 Å². The Morgan fingerprint density at radius 2 is 1.81 bits per heavy atom. The summed E-state index contributed by atoms with van der Waals surface area (Å²) in [6.07, 6.45) is 3.21. The second kappa shape index (κ2) is 12.3. The summed E-state index contributed by atoms with van der Waals surface area (Å²) in [5, 5.41) is 12.5. The summed E-state index contributed by atoms with van der Waals surface area (Å²) in [6.45, 7) is 9.61. The summed E-state index contributed by atoms with van der Waals surface area (Å²) in [5.74, 6) is -1.25. The number of aryl methyl sites for hydroxylation is 1. The van der Waals surface area contributed by atoms with E-state index in [1.807, 2.05) is 31.2 Å². The van der Waals surface area contributed by atoms with Crippen LogP contribution < -0.4 is 10.2 Å². The number of morpholine rings is 1. The molecule has 0 bridgehead atoms. The first-order valence-corrected chi connectivity index (χ1v) is 12.9. The van der Waals surface area contributed by atoms with Gasteiger partial charge in [0.25, 0.3) is 5.91 Å². The molecule has 0 unspecified atom stereocenters. The molecule has 0 aliphatic carbocycles. The predicted octanol–water partition coefficient (Wildman–Crippen LogP) is 3.57. The Morgan fingerprint density at radius 3 is 2.50 bits per heavy atom. The molecule has 0 spiro atoms. The van der Waals surface area contributed by atoms with E-state index in [-0.39, 0.29) is 11.5 Å². The van der Waals surface area contributed by atoms with Crippen LogP contribution in [0.3, 0.4) is 0 Å². The highest BCUT2D eigenvalue weighted by molar-refractivity contribution is 6.06. The third kappa shape index (κ3) is 6.84. The molecule has 2 aromatic carbocycles. The van der Waals surface area contributed by atoms with Crippen LogP contribution in [-0.2, 0) is 4.74 Å². The minimum absolute atomic E-state index is 0.160. The van der Waals surface area contributed by atoms with E-state index in [2.05, 4.69) is 27.1 Å². The molecule has 2 aliphatic heterocycles. The number of hydrogen-bond donors (Lipinski definition) is 2. The van der Waals surface area contributed by atoms with Gasteiger partial charge >= 0.3 is 5.97 Å². The van der Waals surface area contributed by atoms with E-state index >= 15 is 0 Å². The Balaban J connectivity index is 1.37. The summed E-state index contributed by atoms with van der Waals surface area (Å²) in [4.78, 5) is 31.8. The molecule has 2 saturated heterocycles. The summed E-state index contributed by atoms with van der Waals surface area (Å²) in [7, 11) is 2.22. The Morgan fingerprint density at radius 1 is 1.06 bits per heavy atom. The van der Waals surface area contributed by atoms with Gasteiger partial charge in [0.2, 0.25) is 0 Å². The molecule has 2 fully saturated rings. The molecule has 8 heteroatoms. The van der Waals surface area contributed by atoms with Crippen LogP contribution in [0.2, 0.25) is 0 Å². The summed E-state index contributed by atoms with van der Waals surface area (Å²) >= 11 is 0. The number of carboxylic acid groups (broad SMARTS) is 1. The summed E-state index contributed by atoms with van der Waals surface area (Å²) in [6, 6.07) is 12.9. The molecule has 8 nitrogen and oxygen atoms in total. The maximum atomic E-state index is 12.9. The first kappa shape index (κ1) is 26.1. The van der Waals surface area contributed by atoms with Gasteiger partial charge < -0.3 is 25.0 Å². The quantitative estimate of drug-likeness (QED) is 0.551. The normalized spacial score (nSPS) is 17.4. The van der Waals surface area contributed by atoms with Gasteiger partial charge in [0, 0.05) is 37.8 Å². The van der Waals surface area contributed by atoms with Crippen LogP contribution in [0.4, 0.5) is 11.4 Å². The largest absolute Gasteiger partial charge is 0.478 e. The van der Waals surface area contributed by atoms with E-state index in [1.165, 1.54) is 0 Å². The number of rotatable bonds is 9. The Labute approximate surface area is 213 Å². The third-order valence-corrected chi connectivity index (χ3v) is 7.29. The molecule has 2 heterocycles. The van der Waals surface area contributed by atoms with Gasteiger partial charge in [-0.05, 0) is 76.7 Å². The molecule has 194 valence electrons. The SMILES string of the molecule is Cc1cccc(C(=O)Nc2cc(C(=O)O)ccc2N2CCC(N(C)CCCN3CCOCC3)CC2)c1. The van der Waals surface area contributed by atoms with Gasteiger partial charge in [0.1, 0.15) is 0 Å². The fourth-order valence-corrected chi connectivity index (χ4v) is 5.12. The highest BCUT2D eigenvalue weighted by Gasteiger charge is 2.25. The number of benzene rings is 2. The Bertz CT molecular complexity index is 1050. The number of hydrogen-bond acceptors (Lipinski definition) is 6. The van der Waals surface area contributed by atoms with Crippen LogP contribution in [0.5, 0.6) is 0 Å². The molecule has 0 aromatic heterocycles. The summed E-state index contributed by atoms with van der Waals surface area (Å²) in [5.41, 5.74) is 3.12. The van der Waals surface area contributed by atoms with E-state index in [0.717, 1.165) is 83.0 Å². The lowest BCUT2D eigenvalue weighted by atomic mass is 10.0. The second-order valence-electron chi connectivity index (χ2n) is 9.87. The zero-order valence-corrected chi connectivity index (χ0v) is 21.4. The second-order valence-corrected chi connectivity index (χ2v) is 9.87. The van der Waals surface area contributed by atoms with E-state index in [4.69, 9.17) is 4.74 Å². The highest BCUT2D eigenvalue weighted by Crippen LogP contribution is 2.31. The van der Waals surface area contributed by atoms with Gasteiger partial charge in [-0.2, -0.15) is 0 Å². The fourth-order valence-electron chi connectivity index (χ4n) is 5.12. The first-order valence-electron chi connectivity index (χ1n) is 12.9. The van der Waals surface area contributed by atoms with Crippen molar-refractivity contribution in [1.29, 1.82) is 0 Å². The van der Waals surface area contributed by atoms with Crippen molar-refractivity contribution in [1.82, 2.24) is 9.80 Å². The molecule has 2 aliphatic rings. The maximum Gasteiger partial charge on any atom is 0.335 e. The number of piperidine rings is 1. The highest BCUT2D eigenvalue weighted by atomic mass is 16.5. The minimum atomic E-state index is -1.01. The van der Waals surface area contributed by atoms with Crippen LogP contribution in [-0.4, -0.2) is 92.4 Å². The predicted molar refractivity (Wildman–Crippen MR) is 142 cm³/mol. The molecule has 4 rings (SSSR count). The van der Waals surface area contributed by atoms with Crippen LogP contribution >= 0.6 is 0 Å². The van der Waals surface area contributed by atoms with Crippen molar-refractivity contribution < 1.29 is 19.4 Å². The van der Waals surface area contributed by atoms with Crippen molar-refractivity contribution in [3.05, 3.63) is 59.2 Å². The van der Waals surface area contributed by atoms with Gasteiger partial charge in [0.15, 0.2) is 0 Å². The number of ether oxygens (including phenoxy) is 1. The average Bonchev–Trinajstić information content (AvgIpc) is 2.89.